The first kappa shape index (κ1) is 27.8. The Bertz CT molecular complexity index is 1360. The van der Waals surface area contributed by atoms with Crippen LogP contribution in [0.25, 0.3) is 5.69 Å². The Balaban J connectivity index is 1.22. The van der Waals surface area contributed by atoms with Crippen LogP contribution in [0.1, 0.15) is 84.5 Å². The summed E-state index contributed by atoms with van der Waals surface area (Å²) in [5.74, 6) is 0.318. The number of nitrogens with two attached hydrogens (primary N) is 1. The van der Waals surface area contributed by atoms with Crippen molar-refractivity contribution in [3.8, 4) is 5.69 Å². The van der Waals surface area contributed by atoms with E-state index >= 15 is 0 Å². The van der Waals surface area contributed by atoms with Crippen molar-refractivity contribution in [1.82, 2.24) is 24.5 Å². The lowest BCUT2D eigenvalue weighted by Gasteiger charge is -2.42. The number of piperidine rings is 1. The van der Waals surface area contributed by atoms with Gasteiger partial charge in [0.15, 0.2) is 0 Å². The van der Waals surface area contributed by atoms with E-state index in [0.29, 0.717) is 54.5 Å². The van der Waals surface area contributed by atoms with E-state index in [4.69, 9.17) is 10.8 Å². The van der Waals surface area contributed by atoms with Crippen molar-refractivity contribution in [2.24, 2.45) is 11.7 Å². The van der Waals surface area contributed by atoms with Crippen LogP contribution in [0.4, 0.5) is 5.69 Å². The third kappa shape index (κ3) is 5.58. The summed E-state index contributed by atoms with van der Waals surface area (Å²) in [6.45, 7) is 10.7. The van der Waals surface area contributed by atoms with Crippen LogP contribution in [0.5, 0.6) is 0 Å². The molecule has 4 heterocycles. The van der Waals surface area contributed by atoms with Crippen LogP contribution >= 0.6 is 0 Å². The summed E-state index contributed by atoms with van der Waals surface area (Å²) in [6, 6.07) is 5.49. The molecule has 1 saturated carbocycles. The van der Waals surface area contributed by atoms with Gasteiger partial charge >= 0.3 is 0 Å². The zero-order valence-corrected chi connectivity index (χ0v) is 24.6. The lowest BCUT2D eigenvalue weighted by Crippen LogP contribution is -2.53. The van der Waals surface area contributed by atoms with Gasteiger partial charge < -0.3 is 20.9 Å². The first-order chi connectivity index (χ1) is 19.6. The lowest BCUT2D eigenvalue weighted by molar-refractivity contribution is -0.131. The average Bonchev–Trinajstić information content (AvgIpc) is 3.54. The van der Waals surface area contributed by atoms with Crippen LogP contribution in [0.3, 0.4) is 0 Å². The number of likely N-dealkylation sites (tertiary alicyclic amines) is 2. The number of nitrogens with one attached hydrogen (secondary N) is 1. The molecule has 0 bridgehead atoms. The second kappa shape index (κ2) is 10.8. The number of benzene rings is 1. The third-order valence-electron chi connectivity index (χ3n) is 9.30. The van der Waals surface area contributed by atoms with E-state index in [2.05, 4.69) is 24.1 Å². The maximum absolute atomic E-state index is 13.7. The molecule has 3 fully saturated rings. The summed E-state index contributed by atoms with van der Waals surface area (Å²) >= 11 is 0. The van der Waals surface area contributed by atoms with Crippen LogP contribution < -0.4 is 11.1 Å². The Kier molecular flexibility index (Phi) is 7.30. The molecule has 41 heavy (non-hydrogen) atoms. The molecule has 220 valence electrons. The van der Waals surface area contributed by atoms with E-state index in [0.717, 1.165) is 50.3 Å². The maximum atomic E-state index is 13.7. The number of carbonyl (C=O) groups excluding carboxylic acids is 3. The zero-order chi connectivity index (χ0) is 28.9. The van der Waals surface area contributed by atoms with Gasteiger partial charge in [-0.05, 0) is 90.1 Å². The smallest absolute Gasteiger partial charge is 0.258 e. The number of anilines is 1. The fourth-order valence-electron chi connectivity index (χ4n) is 6.77. The van der Waals surface area contributed by atoms with Gasteiger partial charge in [-0.25, -0.2) is 4.68 Å². The van der Waals surface area contributed by atoms with Gasteiger partial charge in [-0.3, -0.25) is 19.3 Å². The molecule has 1 atom stereocenters. The van der Waals surface area contributed by atoms with E-state index in [9.17, 15) is 14.4 Å². The third-order valence-corrected chi connectivity index (χ3v) is 9.30. The number of aromatic nitrogens is 2. The summed E-state index contributed by atoms with van der Waals surface area (Å²) in [6.07, 6.45) is 7.44. The van der Waals surface area contributed by atoms with Gasteiger partial charge in [-0.15, -0.1) is 0 Å². The van der Waals surface area contributed by atoms with E-state index in [1.54, 1.807) is 6.07 Å². The topological polar surface area (TPSA) is 117 Å². The number of fused-ring (bicyclic) bond motifs is 1. The van der Waals surface area contributed by atoms with Crippen molar-refractivity contribution in [2.75, 3.05) is 44.6 Å². The van der Waals surface area contributed by atoms with E-state index in [1.165, 1.54) is 19.3 Å². The number of amides is 3. The second-order valence-electron chi connectivity index (χ2n) is 13.1. The Morgan fingerprint density at radius 2 is 1.85 bits per heavy atom. The lowest BCUT2D eigenvalue weighted by atomic mass is 9.87. The molecule has 2 aromatic rings. The molecular formula is C31H43N7O3. The predicted octanol–water partition coefficient (Wildman–Crippen LogP) is 2.97. The van der Waals surface area contributed by atoms with Crippen molar-refractivity contribution >= 4 is 23.4 Å². The minimum Gasteiger partial charge on any atom is -0.380 e. The highest BCUT2D eigenvalue weighted by Gasteiger charge is 2.43. The highest BCUT2D eigenvalue weighted by molar-refractivity contribution is 6.00. The van der Waals surface area contributed by atoms with Crippen LogP contribution in [0.15, 0.2) is 18.2 Å². The monoisotopic (exact) mass is 561 g/mol. The van der Waals surface area contributed by atoms with Crippen LogP contribution in [0.2, 0.25) is 0 Å². The SMILES string of the molecule is Cc1nn(-c2ccc(C(N)=O)c(N[C@H]3CCN(C(=O)CN4CCCCC4)C3)c2)c2c1C(=O)N(CC1CC1)C(C)(C)C2. The molecular weight excluding hydrogens is 518 g/mol. The van der Waals surface area contributed by atoms with Gasteiger partial charge in [0.1, 0.15) is 0 Å². The van der Waals surface area contributed by atoms with Crippen LogP contribution in [0, 0.1) is 12.8 Å². The van der Waals surface area contributed by atoms with Gasteiger partial charge in [0.2, 0.25) is 5.91 Å². The molecule has 3 N–H and O–H groups in total. The molecule has 0 unspecified atom stereocenters. The fourth-order valence-corrected chi connectivity index (χ4v) is 6.77. The summed E-state index contributed by atoms with van der Waals surface area (Å²) in [7, 11) is 0. The predicted molar refractivity (Wildman–Crippen MR) is 157 cm³/mol. The number of primary amides is 1. The quantitative estimate of drug-likeness (QED) is 0.512. The Hall–Kier alpha value is -3.40. The highest BCUT2D eigenvalue weighted by Crippen LogP contribution is 2.38. The number of nitrogens with zero attached hydrogens (tertiary/aromatic N) is 5. The normalized spacial score (nSPS) is 22.6. The Morgan fingerprint density at radius 1 is 1.10 bits per heavy atom. The number of hydrogen-bond donors (Lipinski definition) is 2. The molecule has 0 spiro atoms. The van der Waals surface area contributed by atoms with Gasteiger partial charge in [-0.2, -0.15) is 5.10 Å². The summed E-state index contributed by atoms with van der Waals surface area (Å²) in [4.78, 5) is 45.2. The van der Waals surface area contributed by atoms with Crippen molar-refractivity contribution in [3.63, 3.8) is 0 Å². The summed E-state index contributed by atoms with van der Waals surface area (Å²) < 4.78 is 1.86. The minimum atomic E-state index is -0.513. The Labute approximate surface area is 242 Å². The average molecular weight is 562 g/mol. The summed E-state index contributed by atoms with van der Waals surface area (Å²) in [5, 5.41) is 8.33. The first-order valence-electron chi connectivity index (χ1n) is 15.2. The molecule has 3 aliphatic heterocycles. The van der Waals surface area contributed by atoms with Crippen molar-refractivity contribution < 1.29 is 14.4 Å². The zero-order valence-electron chi connectivity index (χ0n) is 24.6. The molecule has 1 aromatic carbocycles. The van der Waals surface area contributed by atoms with E-state index < -0.39 is 5.91 Å². The van der Waals surface area contributed by atoms with Crippen molar-refractivity contribution in [3.05, 3.63) is 40.7 Å². The van der Waals surface area contributed by atoms with Crippen LogP contribution in [-0.2, 0) is 11.2 Å². The molecule has 1 aromatic heterocycles. The Morgan fingerprint density at radius 3 is 2.56 bits per heavy atom. The van der Waals surface area contributed by atoms with Crippen molar-refractivity contribution in [1.29, 1.82) is 0 Å². The maximum Gasteiger partial charge on any atom is 0.258 e. The molecule has 10 heteroatoms. The second-order valence-corrected chi connectivity index (χ2v) is 13.1. The number of hydrogen-bond acceptors (Lipinski definition) is 6. The van der Waals surface area contributed by atoms with Gasteiger partial charge in [0, 0.05) is 43.3 Å². The van der Waals surface area contributed by atoms with Crippen molar-refractivity contribution in [2.45, 2.75) is 77.3 Å². The van der Waals surface area contributed by atoms with Gasteiger partial charge in [0.05, 0.1) is 34.7 Å². The molecule has 6 rings (SSSR count). The van der Waals surface area contributed by atoms with E-state index in [1.807, 2.05) is 33.5 Å². The molecule has 3 amide bonds. The van der Waals surface area contributed by atoms with Crippen LogP contribution in [-0.4, -0.2) is 93.1 Å². The molecule has 4 aliphatic rings. The summed E-state index contributed by atoms with van der Waals surface area (Å²) in [5.41, 5.74) is 9.56. The largest absolute Gasteiger partial charge is 0.380 e. The first-order valence-corrected chi connectivity index (χ1v) is 15.2. The minimum absolute atomic E-state index is 0.0124. The van der Waals surface area contributed by atoms with E-state index in [-0.39, 0.29) is 23.4 Å². The molecule has 1 aliphatic carbocycles. The molecule has 10 nitrogen and oxygen atoms in total. The fraction of sp³-hybridized carbons (Fsp3) is 0.613. The van der Waals surface area contributed by atoms with Gasteiger partial charge in [0.25, 0.3) is 11.8 Å². The molecule has 0 radical (unpaired) electrons. The van der Waals surface area contributed by atoms with Gasteiger partial charge in [-0.1, -0.05) is 6.42 Å². The number of aryl methyl sites for hydroxylation is 1. The standard InChI is InChI=1S/C31H43N7O3/c1-20-28-26(16-31(2,3)37(30(28)41)17-21-7-8-21)38(34-20)23-9-10-24(29(32)40)25(15-23)33-22-11-14-36(18-22)27(39)19-35-12-5-4-6-13-35/h9-10,15,21-22,33H,4-8,11-14,16-19H2,1-3H3,(H2,32,40)/t22-/m0/s1. The number of rotatable bonds is 8. The number of carbonyl (C=O) groups is 3. The highest BCUT2D eigenvalue weighted by atomic mass is 16.2. The molecule has 2 saturated heterocycles.